The lowest BCUT2D eigenvalue weighted by atomic mass is 9.66. The van der Waals surface area contributed by atoms with Gasteiger partial charge in [0.25, 0.3) is 5.17 Å². The van der Waals surface area contributed by atoms with E-state index in [4.69, 9.17) is 59.6 Å². The van der Waals surface area contributed by atoms with Crippen molar-refractivity contribution in [3.63, 3.8) is 0 Å². The Bertz CT molecular complexity index is 1880. The first-order chi connectivity index (χ1) is 30.7. The van der Waals surface area contributed by atoms with Crippen LogP contribution in [0.5, 0.6) is 28.7 Å². The highest BCUT2D eigenvalue weighted by molar-refractivity contribution is 7.80. The Hall–Kier alpha value is -3.96. The van der Waals surface area contributed by atoms with E-state index in [1.807, 2.05) is 24.3 Å². The number of rotatable bonds is 21. The number of esters is 1. The van der Waals surface area contributed by atoms with Crippen molar-refractivity contribution in [1.82, 2.24) is 5.32 Å². The summed E-state index contributed by atoms with van der Waals surface area (Å²) in [5.41, 5.74) is 2.10. The van der Waals surface area contributed by atoms with Gasteiger partial charge in [-0.2, -0.15) is 0 Å². The minimum absolute atomic E-state index is 0.0268. The molecule has 14 nitrogen and oxygen atoms in total. The van der Waals surface area contributed by atoms with Crippen LogP contribution in [0.25, 0.3) is 0 Å². The fraction of sp³-hybridized carbons (Fsp3) is 0.625. The molecule has 0 radical (unpaired) electrons. The van der Waals surface area contributed by atoms with Gasteiger partial charge in [0.05, 0.1) is 39.5 Å². The Kier molecular flexibility index (Phi) is 17.0. The smallest absolute Gasteiger partial charge is 0.310 e. The number of carbonyl (C=O) groups is 1. The van der Waals surface area contributed by atoms with Gasteiger partial charge in [-0.1, -0.05) is 69.8 Å². The Morgan fingerprint density at radius 1 is 0.825 bits per heavy atom. The lowest BCUT2D eigenvalue weighted by Gasteiger charge is -2.47. The number of aliphatic hydroxyl groups is 2. The quantitative estimate of drug-likeness (QED) is 0.0484. The van der Waals surface area contributed by atoms with Gasteiger partial charge in [-0.05, 0) is 98.6 Å². The first-order valence-corrected chi connectivity index (χ1v) is 23.2. The molecule has 0 amide bonds. The Labute approximate surface area is 376 Å². The van der Waals surface area contributed by atoms with Crippen LogP contribution in [0.15, 0.2) is 48.6 Å². The molecule has 3 N–H and O–H groups in total. The second-order valence-electron chi connectivity index (χ2n) is 16.9. The molecule has 5 aliphatic rings. The molecule has 63 heavy (non-hydrogen) atoms. The number of carbonyl (C=O) groups excluding carboxylic acids is 1. The van der Waals surface area contributed by atoms with Crippen LogP contribution in [-0.4, -0.2) is 99.1 Å². The molecule has 0 bridgehead atoms. The summed E-state index contributed by atoms with van der Waals surface area (Å²) in [4.78, 5) is 13.8. The van der Waals surface area contributed by atoms with E-state index in [-0.39, 0.29) is 25.2 Å². The standard InChI is InChI=1S/C48H65NO13S/c1-5-6-7-8-9-10-11-12-13-14-15-16-17-18-19-20-21-49-48(63)62-44-36(53-3)22-30(23-37(44)54-4)39-31-24-34-35(58-28-57-34)25-32(31)43(33-26-56-46(52)40(33)39)61-47-42(51)41(50)45-38(60-47)27-55-29(2)59-45/h9-10,12-13,22-25,29,33,38-43,45,47,50-51H,5-8,11,14-21,26-28H2,1-4H3,(H,49,63)/b10-9-,13-12-/t29?,33-,38+,39?,40?,41+,42+,43+,45+,47-/m0/s1. The summed E-state index contributed by atoms with van der Waals surface area (Å²) in [5.74, 6) is -0.206. The molecule has 4 heterocycles. The van der Waals surface area contributed by atoms with Gasteiger partial charge in [0.1, 0.15) is 24.4 Å². The fourth-order valence-corrected chi connectivity index (χ4v) is 9.44. The van der Waals surface area contributed by atoms with Crippen molar-refractivity contribution in [2.24, 2.45) is 11.8 Å². The van der Waals surface area contributed by atoms with Crippen molar-refractivity contribution in [3.05, 3.63) is 65.3 Å². The largest absolute Gasteiger partial charge is 0.493 e. The SMILES string of the molecule is CCCCC/C=C\C/C=C\CCCCCCCCNC(=S)Oc1c(OC)cc(C2c3cc4c(cc3[C@@H](O[C@@H]3O[C@@H]5COC(C)O[C@H]5[C@H](O)[C@H]3O)[C@H]3COC(=O)C23)OCO4)cc1OC. The summed E-state index contributed by atoms with van der Waals surface area (Å²) >= 11 is 5.61. The molecule has 2 aromatic rings. The Morgan fingerprint density at radius 2 is 1.49 bits per heavy atom. The summed E-state index contributed by atoms with van der Waals surface area (Å²) in [6.07, 6.45) is 16.4. The maximum absolute atomic E-state index is 13.8. The number of hydrogen-bond acceptors (Lipinski definition) is 14. The van der Waals surface area contributed by atoms with Gasteiger partial charge in [-0.25, -0.2) is 0 Å². The molecule has 10 atom stereocenters. The zero-order valence-corrected chi connectivity index (χ0v) is 37.8. The summed E-state index contributed by atoms with van der Waals surface area (Å²) in [6, 6.07) is 7.33. The summed E-state index contributed by atoms with van der Waals surface area (Å²) in [5, 5.41) is 25.8. The number of allylic oxidation sites excluding steroid dienone is 4. The van der Waals surface area contributed by atoms with Crippen molar-refractivity contribution in [3.8, 4) is 28.7 Å². The van der Waals surface area contributed by atoms with Crippen LogP contribution < -0.4 is 29.0 Å². The predicted octanol–water partition coefficient (Wildman–Crippen LogP) is 7.70. The number of benzene rings is 2. The van der Waals surface area contributed by atoms with Crippen LogP contribution in [0.4, 0.5) is 0 Å². The van der Waals surface area contributed by atoms with Crippen molar-refractivity contribution in [2.75, 3.05) is 40.8 Å². The second-order valence-corrected chi connectivity index (χ2v) is 17.2. The van der Waals surface area contributed by atoms with Crippen molar-refractivity contribution in [1.29, 1.82) is 0 Å². The van der Waals surface area contributed by atoms with Crippen molar-refractivity contribution in [2.45, 2.75) is 140 Å². The molecular weight excluding hydrogens is 831 g/mol. The van der Waals surface area contributed by atoms with Gasteiger partial charge >= 0.3 is 5.97 Å². The third kappa shape index (κ3) is 11.3. The van der Waals surface area contributed by atoms with E-state index in [2.05, 4.69) is 36.5 Å². The predicted molar refractivity (Wildman–Crippen MR) is 237 cm³/mol. The van der Waals surface area contributed by atoms with E-state index in [9.17, 15) is 15.0 Å². The van der Waals surface area contributed by atoms with Crippen LogP contribution >= 0.6 is 12.2 Å². The first-order valence-electron chi connectivity index (χ1n) is 22.8. The highest BCUT2D eigenvalue weighted by Crippen LogP contribution is 2.57. The monoisotopic (exact) mass is 895 g/mol. The first kappa shape index (κ1) is 47.0. The Morgan fingerprint density at radius 3 is 2.19 bits per heavy atom. The number of hydrogen-bond donors (Lipinski definition) is 3. The number of nitrogens with one attached hydrogen (secondary N) is 1. The number of ether oxygens (including phenoxy) is 10. The Balaban J connectivity index is 0.984. The van der Waals surface area contributed by atoms with Gasteiger partial charge in [-0.3, -0.25) is 4.79 Å². The zero-order chi connectivity index (χ0) is 44.3. The lowest BCUT2D eigenvalue weighted by Crippen LogP contribution is -2.63. The third-order valence-electron chi connectivity index (χ3n) is 12.6. The summed E-state index contributed by atoms with van der Waals surface area (Å²) in [6.45, 7) is 4.84. The molecule has 1 aliphatic carbocycles. The number of unbranched alkanes of at least 4 members (excludes halogenated alkanes) is 9. The van der Waals surface area contributed by atoms with Gasteiger partial charge < -0.3 is 62.9 Å². The normalized spacial score (nSPS) is 28.4. The molecule has 0 aromatic heterocycles. The topological polar surface area (TPSA) is 162 Å². The van der Waals surface area contributed by atoms with Gasteiger partial charge in [0.2, 0.25) is 12.5 Å². The van der Waals surface area contributed by atoms with Crippen LogP contribution in [-0.2, 0) is 28.5 Å². The molecule has 0 spiro atoms. The van der Waals surface area contributed by atoms with Gasteiger partial charge in [0, 0.05) is 18.4 Å². The molecule has 2 aromatic carbocycles. The second kappa shape index (κ2) is 22.8. The average molecular weight is 896 g/mol. The number of fused-ring (bicyclic) bond motifs is 4. The van der Waals surface area contributed by atoms with E-state index in [0.29, 0.717) is 46.4 Å². The lowest BCUT2D eigenvalue weighted by molar-refractivity contribution is -0.364. The van der Waals surface area contributed by atoms with E-state index < -0.39 is 66.8 Å². The average Bonchev–Trinajstić information content (AvgIpc) is 3.92. The van der Waals surface area contributed by atoms with Crippen LogP contribution in [0, 0.1) is 11.8 Å². The van der Waals surface area contributed by atoms with Crippen LogP contribution in [0.2, 0.25) is 0 Å². The van der Waals surface area contributed by atoms with Crippen molar-refractivity contribution < 1.29 is 62.4 Å². The van der Waals surface area contributed by atoms with E-state index in [0.717, 1.165) is 31.2 Å². The number of aliphatic hydroxyl groups excluding tert-OH is 2. The summed E-state index contributed by atoms with van der Waals surface area (Å²) < 4.78 is 59.4. The molecule has 7 rings (SSSR count). The molecule has 0 saturated carbocycles. The third-order valence-corrected chi connectivity index (χ3v) is 12.8. The maximum atomic E-state index is 13.8. The van der Waals surface area contributed by atoms with E-state index in [1.165, 1.54) is 65.6 Å². The van der Waals surface area contributed by atoms with Crippen LogP contribution in [0.1, 0.15) is 120 Å². The molecule has 4 aliphatic heterocycles. The highest BCUT2D eigenvalue weighted by Gasteiger charge is 2.56. The number of methoxy groups -OCH3 is 2. The number of thiocarbonyl (C=S) groups is 1. The number of cyclic esters (lactones) is 1. The van der Waals surface area contributed by atoms with Gasteiger partial charge in [0.15, 0.2) is 35.6 Å². The minimum atomic E-state index is -1.45. The molecule has 3 saturated heterocycles. The zero-order valence-electron chi connectivity index (χ0n) is 37.0. The minimum Gasteiger partial charge on any atom is -0.493 e. The van der Waals surface area contributed by atoms with Crippen LogP contribution in [0.3, 0.4) is 0 Å². The molecule has 15 heteroatoms. The molecule has 346 valence electrons. The van der Waals surface area contributed by atoms with E-state index >= 15 is 0 Å². The molecule has 3 unspecified atom stereocenters. The molecular formula is C48H65NO13S. The molecule has 3 fully saturated rings. The van der Waals surface area contributed by atoms with E-state index in [1.54, 1.807) is 6.92 Å². The highest BCUT2D eigenvalue weighted by atomic mass is 32.1. The fourth-order valence-electron chi connectivity index (χ4n) is 9.25. The van der Waals surface area contributed by atoms with Gasteiger partial charge in [-0.15, -0.1) is 0 Å². The van der Waals surface area contributed by atoms with Crippen molar-refractivity contribution >= 4 is 23.4 Å². The maximum Gasteiger partial charge on any atom is 0.310 e. The summed E-state index contributed by atoms with van der Waals surface area (Å²) in [7, 11) is 3.07.